The lowest BCUT2D eigenvalue weighted by molar-refractivity contribution is 0.238. The molecule has 0 bridgehead atoms. The minimum Gasteiger partial charge on any atom is -0.383 e. The lowest BCUT2D eigenvalue weighted by Crippen LogP contribution is -2.40. The number of anilines is 4. The molecule has 2 aromatic rings. The number of urea groups is 1. The molecule has 0 saturated carbocycles. The summed E-state index contributed by atoms with van der Waals surface area (Å²) >= 11 is 0. The van der Waals surface area contributed by atoms with Crippen molar-refractivity contribution >= 4 is 40.3 Å². The van der Waals surface area contributed by atoms with Gasteiger partial charge in [0.1, 0.15) is 16.7 Å². The summed E-state index contributed by atoms with van der Waals surface area (Å²) < 4.78 is 1.97. The zero-order valence-electron chi connectivity index (χ0n) is 15.3. The Morgan fingerprint density at radius 3 is 2.44 bits per heavy atom. The lowest BCUT2D eigenvalue weighted by atomic mass is 10.3. The number of hydrogen-bond acceptors (Lipinski definition) is 7. The van der Waals surface area contributed by atoms with Crippen LogP contribution in [0.2, 0.25) is 0 Å². The number of nitrogen functional groups attached to an aromatic ring is 1. The fraction of sp³-hybridized carbons (Fsp3) is 0.533. The van der Waals surface area contributed by atoms with E-state index in [0.29, 0.717) is 36.2 Å². The van der Waals surface area contributed by atoms with E-state index in [-0.39, 0.29) is 12.1 Å². The first-order chi connectivity index (χ1) is 11.9. The Hall–Kier alpha value is -2.91. The van der Waals surface area contributed by atoms with Crippen LogP contribution in [-0.2, 0) is 6.54 Å². The number of rotatable bonds is 7. The number of fused-ring (bicyclic) bond motifs is 1. The van der Waals surface area contributed by atoms with Crippen LogP contribution in [0.15, 0.2) is 0 Å². The smallest absolute Gasteiger partial charge is 0.315 e. The fourth-order valence-electron chi connectivity index (χ4n) is 2.65. The Morgan fingerprint density at radius 2 is 1.88 bits per heavy atom. The number of hydrogen-bond donors (Lipinski definition) is 6. The van der Waals surface area contributed by atoms with E-state index < -0.39 is 0 Å². The molecule has 0 aliphatic carbocycles. The average molecular weight is 349 g/mol. The van der Waals surface area contributed by atoms with Crippen molar-refractivity contribution < 1.29 is 4.79 Å². The molecule has 10 nitrogen and oxygen atoms in total. The second-order valence-corrected chi connectivity index (χ2v) is 5.81. The summed E-state index contributed by atoms with van der Waals surface area (Å²) in [6.07, 6.45) is 0. The van der Waals surface area contributed by atoms with E-state index in [1.807, 2.05) is 25.5 Å². The van der Waals surface area contributed by atoms with Gasteiger partial charge in [0.2, 0.25) is 5.95 Å². The molecule has 0 atom stereocenters. The molecule has 0 unspecified atom stereocenters. The molecule has 10 heteroatoms. The van der Waals surface area contributed by atoms with E-state index in [1.54, 1.807) is 14.1 Å². The van der Waals surface area contributed by atoms with Crippen LogP contribution in [0.5, 0.6) is 0 Å². The van der Waals surface area contributed by atoms with Crippen molar-refractivity contribution in [3.63, 3.8) is 0 Å². The largest absolute Gasteiger partial charge is 0.383 e. The highest BCUT2D eigenvalue weighted by Crippen LogP contribution is 2.34. The van der Waals surface area contributed by atoms with Gasteiger partial charge in [-0.05, 0) is 13.8 Å². The van der Waals surface area contributed by atoms with Crippen LogP contribution in [-0.4, -0.2) is 54.3 Å². The van der Waals surface area contributed by atoms with E-state index >= 15 is 0 Å². The SMILES string of the molecule is CNc1nc(N)c2nc(NC)n(CCNC(=O)NC(C)C)c2c1NC. The minimum atomic E-state index is -0.198. The fourth-order valence-corrected chi connectivity index (χ4v) is 2.65. The first-order valence-corrected chi connectivity index (χ1v) is 8.20. The third-order valence-electron chi connectivity index (χ3n) is 3.67. The zero-order valence-corrected chi connectivity index (χ0v) is 15.3. The molecule has 0 aromatic carbocycles. The Morgan fingerprint density at radius 1 is 1.16 bits per heavy atom. The molecule has 0 radical (unpaired) electrons. The van der Waals surface area contributed by atoms with Crippen molar-refractivity contribution in [3.8, 4) is 0 Å². The van der Waals surface area contributed by atoms with Gasteiger partial charge >= 0.3 is 6.03 Å². The molecule has 7 N–H and O–H groups in total. The maximum absolute atomic E-state index is 11.8. The van der Waals surface area contributed by atoms with Gasteiger partial charge in [-0.3, -0.25) is 0 Å². The van der Waals surface area contributed by atoms with Gasteiger partial charge in [-0.15, -0.1) is 0 Å². The number of aromatic nitrogens is 3. The van der Waals surface area contributed by atoms with Crippen LogP contribution >= 0.6 is 0 Å². The van der Waals surface area contributed by atoms with Gasteiger partial charge in [0, 0.05) is 40.3 Å². The van der Waals surface area contributed by atoms with E-state index in [2.05, 4.69) is 36.6 Å². The molecule has 25 heavy (non-hydrogen) atoms. The summed E-state index contributed by atoms with van der Waals surface area (Å²) in [5, 5.41) is 14.9. The summed E-state index contributed by atoms with van der Waals surface area (Å²) in [6.45, 7) is 4.80. The van der Waals surface area contributed by atoms with E-state index in [4.69, 9.17) is 5.73 Å². The van der Waals surface area contributed by atoms with Gasteiger partial charge in [0.05, 0.1) is 0 Å². The van der Waals surface area contributed by atoms with Gasteiger partial charge in [-0.25, -0.2) is 14.8 Å². The molecule has 2 heterocycles. The number of pyridine rings is 1. The number of nitrogens with one attached hydrogen (secondary N) is 5. The van der Waals surface area contributed by atoms with Crippen molar-refractivity contribution in [1.29, 1.82) is 0 Å². The molecule has 0 aliphatic rings. The average Bonchev–Trinajstić information content (AvgIpc) is 2.93. The van der Waals surface area contributed by atoms with Crippen LogP contribution < -0.4 is 32.3 Å². The van der Waals surface area contributed by atoms with Crippen LogP contribution in [0.4, 0.5) is 28.1 Å². The molecular formula is C15H27N9O. The lowest BCUT2D eigenvalue weighted by Gasteiger charge is -2.15. The van der Waals surface area contributed by atoms with E-state index in [0.717, 1.165) is 11.2 Å². The third-order valence-corrected chi connectivity index (χ3v) is 3.67. The number of imidazole rings is 1. The van der Waals surface area contributed by atoms with E-state index in [9.17, 15) is 4.79 Å². The third kappa shape index (κ3) is 3.78. The van der Waals surface area contributed by atoms with Crippen LogP contribution in [0.1, 0.15) is 13.8 Å². The number of nitrogens with two attached hydrogens (primary N) is 1. The van der Waals surface area contributed by atoms with Crippen LogP contribution in [0.3, 0.4) is 0 Å². The van der Waals surface area contributed by atoms with Gasteiger partial charge in [0.15, 0.2) is 11.6 Å². The maximum Gasteiger partial charge on any atom is 0.315 e. The van der Waals surface area contributed by atoms with Crippen molar-refractivity contribution in [1.82, 2.24) is 25.2 Å². The van der Waals surface area contributed by atoms with Crippen molar-refractivity contribution in [2.24, 2.45) is 0 Å². The van der Waals surface area contributed by atoms with Crippen molar-refractivity contribution in [2.75, 3.05) is 49.4 Å². The second-order valence-electron chi connectivity index (χ2n) is 5.81. The quantitative estimate of drug-likeness (QED) is 0.436. The molecule has 2 amide bonds. The second kappa shape index (κ2) is 7.77. The number of carbonyl (C=O) groups is 1. The molecule has 0 spiro atoms. The van der Waals surface area contributed by atoms with Crippen molar-refractivity contribution in [2.45, 2.75) is 26.4 Å². The summed E-state index contributed by atoms with van der Waals surface area (Å²) in [6, 6.07) is -0.113. The highest BCUT2D eigenvalue weighted by molar-refractivity contribution is 6.01. The molecule has 2 aromatic heterocycles. The van der Waals surface area contributed by atoms with Gasteiger partial charge in [0.25, 0.3) is 0 Å². The summed E-state index contributed by atoms with van der Waals surface area (Å²) in [5.74, 6) is 1.64. The summed E-state index contributed by atoms with van der Waals surface area (Å²) in [5.41, 5.74) is 8.30. The zero-order chi connectivity index (χ0) is 18.6. The molecule has 0 saturated heterocycles. The number of carbonyl (C=O) groups excluding carboxylic acids is 1. The van der Waals surface area contributed by atoms with E-state index in [1.165, 1.54) is 0 Å². The predicted octanol–water partition coefficient (Wildman–Crippen LogP) is 0.846. The highest BCUT2D eigenvalue weighted by atomic mass is 16.2. The Kier molecular flexibility index (Phi) is 5.73. The highest BCUT2D eigenvalue weighted by Gasteiger charge is 2.19. The van der Waals surface area contributed by atoms with Crippen LogP contribution in [0, 0.1) is 0 Å². The molecule has 138 valence electrons. The monoisotopic (exact) mass is 349 g/mol. The Balaban J connectivity index is 2.37. The first kappa shape index (κ1) is 18.4. The number of amides is 2. The van der Waals surface area contributed by atoms with Gasteiger partial charge in [-0.1, -0.05) is 0 Å². The minimum absolute atomic E-state index is 0.0851. The molecule has 2 rings (SSSR count). The first-order valence-electron chi connectivity index (χ1n) is 8.20. The molecule has 0 aliphatic heterocycles. The topological polar surface area (TPSA) is 134 Å². The van der Waals surface area contributed by atoms with Gasteiger partial charge < -0.3 is 36.9 Å². The maximum atomic E-state index is 11.8. The molecular weight excluding hydrogens is 322 g/mol. The Bertz CT molecular complexity index is 753. The van der Waals surface area contributed by atoms with Crippen LogP contribution in [0.25, 0.3) is 11.0 Å². The standard InChI is InChI=1S/C15H27N9O/c1-8(2)21-15(25)20-6-7-24-11-9(22-14(24)19-5)12(16)23-13(18-4)10(11)17-3/h8,17H,6-7H2,1-5H3,(H,19,22)(H3,16,18,23)(H2,20,21,25). The predicted molar refractivity (Wildman–Crippen MR) is 102 cm³/mol. The normalized spacial score (nSPS) is 10.8. The molecule has 0 fully saturated rings. The van der Waals surface area contributed by atoms with Crippen molar-refractivity contribution in [3.05, 3.63) is 0 Å². The summed E-state index contributed by atoms with van der Waals surface area (Å²) in [4.78, 5) is 20.6. The number of nitrogens with zero attached hydrogens (tertiary/aromatic N) is 3. The summed E-state index contributed by atoms with van der Waals surface area (Å²) in [7, 11) is 5.39. The Labute approximate surface area is 147 Å². The van der Waals surface area contributed by atoms with Gasteiger partial charge in [-0.2, -0.15) is 0 Å².